The molecule has 0 bridgehead atoms. The van der Waals surface area contributed by atoms with Crippen molar-refractivity contribution in [1.29, 1.82) is 0 Å². The van der Waals surface area contributed by atoms with Crippen LogP contribution in [0.25, 0.3) is 0 Å². The van der Waals surface area contributed by atoms with E-state index in [1.807, 2.05) is 43.3 Å². The van der Waals surface area contributed by atoms with E-state index in [0.717, 1.165) is 16.8 Å². The van der Waals surface area contributed by atoms with Gasteiger partial charge in [0, 0.05) is 17.1 Å². The lowest BCUT2D eigenvalue weighted by molar-refractivity contribution is -0.116. The summed E-state index contributed by atoms with van der Waals surface area (Å²) in [5.74, 6) is 0.664. The molecule has 1 aliphatic heterocycles. The molecule has 0 saturated heterocycles. The molecule has 3 aromatic carbocycles. The molecule has 2 atom stereocenters. The van der Waals surface area contributed by atoms with Gasteiger partial charge in [0.2, 0.25) is 5.91 Å². The molecule has 2 amide bonds. The number of carbonyl (C=O) groups excluding carboxylic acids is 2. The van der Waals surface area contributed by atoms with Gasteiger partial charge in [0.25, 0.3) is 5.91 Å². The van der Waals surface area contributed by atoms with Crippen LogP contribution in [0.2, 0.25) is 0 Å². The zero-order valence-corrected chi connectivity index (χ0v) is 18.4. The lowest BCUT2D eigenvalue weighted by Gasteiger charge is -2.27. The van der Waals surface area contributed by atoms with Crippen molar-refractivity contribution in [3.05, 3.63) is 95.3 Å². The molecule has 164 valence electrons. The third kappa shape index (κ3) is 5.29. The Kier molecular flexibility index (Phi) is 6.75. The van der Waals surface area contributed by atoms with Crippen molar-refractivity contribution in [2.75, 3.05) is 16.4 Å². The predicted molar refractivity (Wildman–Crippen MR) is 127 cm³/mol. The lowest BCUT2D eigenvalue weighted by Crippen LogP contribution is -2.40. The number of carbonyl (C=O) groups is 2. The summed E-state index contributed by atoms with van der Waals surface area (Å²) in [5, 5.41) is 9.14. The van der Waals surface area contributed by atoms with Crippen molar-refractivity contribution < 1.29 is 14.0 Å². The van der Waals surface area contributed by atoms with Crippen LogP contribution in [0, 0.1) is 5.82 Å². The van der Waals surface area contributed by atoms with Crippen molar-refractivity contribution in [1.82, 2.24) is 5.32 Å². The second-order valence-electron chi connectivity index (χ2n) is 7.69. The van der Waals surface area contributed by atoms with E-state index < -0.39 is 0 Å². The molecule has 0 spiro atoms. The molecule has 0 aromatic heterocycles. The summed E-state index contributed by atoms with van der Waals surface area (Å²) in [6.45, 7) is 1.93. The fourth-order valence-electron chi connectivity index (χ4n) is 3.49. The number of rotatable bonds is 7. The molecule has 0 aliphatic carbocycles. The second kappa shape index (κ2) is 9.87. The normalized spacial score (nSPS) is 15.8. The molecule has 2 unspecified atom stereocenters. The van der Waals surface area contributed by atoms with Gasteiger partial charge in [-0.1, -0.05) is 42.5 Å². The van der Waals surface area contributed by atoms with E-state index in [9.17, 15) is 14.0 Å². The summed E-state index contributed by atoms with van der Waals surface area (Å²) in [6, 6.07) is 20.9. The average molecular weight is 450 g/mol. The minimum atomic E-state index is -0.384. The van der Waals surface area contributed by atoms with Crippen molar-refractivity contribution in [2.24, 2.45) is 0 Å². The minimum absolute atomic E-state index is 0.130. The maximum Gasteiger partial charge on any atom is 0.251 e. The first-order valence-corrected chi connectivity index (χ1v) is 11.5. The van der Waals surface area contributed by atoms with Gasteiger partial charge in [-0.15, -0.1) is 0 Å². The smallest absolute Gasteiger partial charge is 0.251 e. The van der Waals surface area contributed by atoms with Gasteiger partial charge in [0.1, 0.15) is 11.9 Å². The number of thioether (sulfide) groups is 1. The highest BCUT2D eigenvalue weighted by Crippen LogP contribution is 2.29. The van der Waals surface area contributed by atoms with Crippen molar-refractivity contribution in [3.8, 4) is 0 Å². The third-order valence-corrected chi connectivity index (χ3v) is 6.41. The van der Waals surface area contributed by atoms with Crippen LogP contribution in [0.4, 0.5) is 15.8 Å². The number of anilines is 2. The van der Waals surface area contributed by atoms with Crippen LogP contribution >= 0.6 is 11.8 Å². The molecule has 0 radical (unpaired) electrons. The van der Waals surface area contributed by atoms with E-state index in [-0.39, 0.29) is 29.7 Å². The Morgan fingerprint density at radius 3 is 2.56 bits per heavy atom. The molecule has 5 nitrogen and oxygen atoms in total. The quantitative estimate of drug-likeness (QED) is 0.476. The van der Waals surface area contributed by atoms with Crippen LogP contribution < -0.4 is 16.0 Å². The highest BCUT2D eigenvalue weighted by atomic mass is 32.2. The van der Waals surface area contributed by atoms with Gasteiger partial charge >= 0.3 is 0 Å². The Bertz CT molecular complexity index is 1110. The van der Waals surface area contributed by atoms with E-state index in [0.29, 0.717) is 22.8 Å². The van der Waals surface area contributed by atoms with Gasteiger partial charge in [-0.2, -0.15) is 11.8 Å². The maximum absolute atomic E-state index is 13.0. The van der Waals surface area contributed by atoms with Crippen molar-refractivity contribution in [3.63, 3.8) is 0 Å². The fraction of sp³-hybridized carbons (Fsp3) is 0.200. The Morgan fingerprint density at radius 2 is 1.81 bits per heavy atom. The number of benzene rings is 3. The van der Waals surface area contributed by atoms with Gasteiger partial charge in [-0.05, 0) is 48.4 Å². The summed E-state index contributed by atoms with van der Waals surface area (Å²) in [7, 11) is 0. The molecular weight excluding hydrogens is 425 g/mol. The van der Waals surface area contributed by atoms with Crippen LogP contribution in [-0.4, -0.2) is 23.6 Å². The molecule has 0 fully saturated rings. The molecule has 3 N–H and O–H groups in total. The SMILES string of the molecule is CC(NC(=O)c1ccc2c(c1)NC(=O)C(CSCc1ccc(F)cc1)N2)c1ccccc1. The summed E-state index contributed by atoms with van der Waals surface area (Å²) >= 11 is 1.60. The standard InChI is InChI=1S/C25H24FN3O2S/c1-16(18-5-3-2-4-6-18)27-24(30)19-9-12-21-22(13-19)29-25(31)23(28-21)15-32-14-17-7-10-20(26)11-8-17/h2-13,16,23,28H,14-15H2,1H3,(H,27,30)(H,29,31). The molecule has 1 aliphatic rings. The molecule has 4 rings (SSSR count). The second-order valence-corrected chi connectivity index (χ2v) is 8.72. The van der Waals surface area contributed by atoms with E-state index in [1.54, 1.807) is 36.0 Å². The number of hydrogen-bond acceptors (Lipinski definition) is 4. The largest absolute Gasteiger partial charge is 0.371 e. The topological polar surface area (TPSA) is 70.2 Å². The highest BCUT2D eigenvalue weighted by Gasteiger charge is 2.26. The van der Waals surface area contributed by atoms with E-state index in [1.165, 1.54) is 12.1 Å². The Morgan fingerprint density at radius 1 is 1.06 bits per heavy atom. The molecular formula is C25H24FN3O2S. The van der Waals surface area contributed by atoms with Crippen molar-refractivity contribution in [2.45, 2.75) is 24.8 Å². The predicted octanol–water partition coefficient (Wildman–Crippen LogP) is 4.98. The summed E-state index contributed by atoms with van der Waals surface area (Å²) < 4.78 is 13.0. The Labute approximate surface area is 190 Å². The van der Waals surface area contributed by atoms with Crippen LogP contribution in [0.1, 0.15) is 34.5 Å². The van der Waals surface area contributed by atoms with E-state index in [4.69, 9.17) is 0 Å². The minimum Gasteiger partial charge on any atom is -0.371 e. The summed E-state index contributed by atoms with van der Waals surface area (Å²) in [6.07, 6.45) is 0. The van der Waals surface area contributed by atoms with Crippen LogP contribution in [0.5, 0.6) is 0 Å². The number of fused-ring (bicyclic) bond motifs is 1. The van der Waals surface area contributed by atoms with Crippen LogP contribution in [0.15, 0.2) is 72.8 Å². The average Bonchev–Trinajstić information content (AvgIpc) is 2.81. The highest BCUT2D eigenvalue weighted by molar-refractivity contribution is 7.98. The molecule has 7 heteroatoms. The van der Waals surface area contributed by atoms with Gasteiger partial charge in [-0.25, -0.2) is 4.39 Å². The summed E-state index contributed by atoms with van der Waals surface area (Å²) in [4.78, 5) is 25.2. The van der Waals surface area contributed by atoms with E-state index >= 15 is 0 Å². The van der Waals surface area contributed by atoms with Crippen LogP contribution in [0.3, 0.4) is 0 Å². The monoisotopic (exact) mass is 449 g/mol. The summed E-state index contributed by atoms with van der Waals surface area (Å²) in [5.41, 5.74) is 3.89. The third-order valence-electron chi connectivity index (χ3n) is 5.30. The first-order valence-electron chi connectivity index (χ1n) is 10.4. The maximum atomic E-state index is 13.0. The number of hydrogen-bond donors (Lipinski definition) is 3. The fourth-order valence-corrected chi connectivity index (χ4v) is 4.50. The van der Waals surface area contributed by atoms with Crippen LogP contribution in [-0.2, 0) is 10.5 Å². The number of amides is 2. The Balaban J connectivity index is 1.35. The zero-order valence-electron chi connectivity index (χ0n) is 17.6. The number of halogens is 1. The zero-order chi connectivity index (χ0) is 22.5. The first-order chi connectivity index (χ1) is 15.5. The van der Waals surface area contributed by atoms with Gasteiger partial charge in [0.05, 0.1) is 17.4 Å². The number of nitrogens with one attached hydrogen (secondary N) is 3. The van der Waals surface area contributed by atoms with Gasteiger partial charge in [-0.3, -0.25) is 9.59 Å². The molecule has 0 saturated carbocycles. The van der Waals surface area contributed by atoms with E-state index in [2.05, 4.69) is 16.0 Å². The Hall–Kier alpha value is -3.32. The van der Waals surface area contributed by atoms with Gasteiger partial charge < -0.3 is 16.0 Å². The van der Waals surface area contributed by atoms with Gasteiger partial charge in [0.15, 0.2) is 0 Å². The lowest BCUT2D eigenvalue weighted by atomic mass is 10.1. The molecule has 32 heavy (non-hydrogen) atoms. The van der Waals surface area contributed by atoms with Crippen molar-refractivity contribution >= 4 is 35.0 Å². The molecule has 1 heterocycles. The molecule has 3 aromatic rings. The first kappa shape index (κ1) is 21.9.